The highest BCUT2D eigenvalue weighted by molar-refractivity contribution is 6.04. The number of aromatic carboxylic acids is 1. The zero-order valence-electron chi connectivity index (χ0n) is 21.8. The highest BCUT2D eigenvalue weighted by atomic mass is 16.6. The van der Waals surface area contributed by atoms with E-state index in [0.29, 0.717) is 29.6 Å². The van der Waals surface area contributed by atoms with Gasteiger partial charge in [0.15, 0.2) is 0 Å². The molecule has 1 aromatic heterocycles. The summed E-state index contributed by atoms with van der Waals surface area (Å²) in [6.45, 7) is 3.10. The molecule has 204 valence electrons. The summed E-state index contributed by atoms with van der Waals surface area (Å²) in [5.41, 5.74) is 7.33. The summed E-state index contributed by atoms with van der Waals surface area (Å²) in [4.78, 5) is 58.2. The molecule has 3 N–H and O–H groups in total. The molecule has 1 fully saturated rings. The van der Waals surface area contributed by atoms with E-state index < -0.39 is 23.9 Å². The second kappa shape index (κ2) is 11.8. The first-order chi connectivity index (χ1) is 18.7. The average Bonchev–Trinajstić information content (AvgIpc) is 2.94. The Morgan fingerprint density at radius 1 is 1.00 bits per heavy atom. The fraction of sp³-hybridized carbons (Fsp3) is 0.321. The van der Waals surface area contributed by atoms with Crippen molar-refractivity contribution in [2.24, 2.45) is 5.73 Å². The Morgan fingerprint density at radius 3 is 2.23 bits per heavy atom. The van der Waals surface area contributed by atoms with Crippen LogP contribution in [-0.2, 0) is 16.0 Å². The molecule has 0 bridgehead atoms. The fourth-order valence-electron chi connectivity index (χ4n) is 4.77. The number of nitrogens with two attached hydrogens (primary N) is 1. The molecule has 1 unspecified atom stereocenters. The number of carboxylic acid groups (broad SMARTS) is 1. The number of primary amides is 1. The van der Waals surface area contributed by atoms with Gasteiger partial charge in [-0.2, -0.15) is 0 Å². The van der Waals surface area contributed by atoms with Gasteiger partial charge in [-0.3, -0.25) is 14.6 Å². The van der Waals surface area contributed by atoms with Crippen LogP contribution in [0.3, 0.4) is 0 Å². The molecule has 1 saturated heterocycles. The number of rotatable bonds is 8. The summed E-state index contributed by atoms with van der Waals surface area (Å²) < 4.78 is 10.7. The van der Waals surface area contributed by atoms with Crippen LogP contribution in [0.1, 0.15) is 44.8 Å². The molecule has 3 amide bonds. The maximum Gasteiger partial charge on any atom is 0.409 e. The lowest BCUT2D eigenvalue weighted by atomic mass is 9.89. The number of aromatic nitrogens is 1. The number of piperazine rings is 1. The lowest BCUT2D eigenvalue weighted by Crippen LogP contribution is -2.52. The topological polar surface area (TPSA) is 152 Å². The summed E-state index contributed by atoms with van der Waals surface area (Å²) >= 11 is 0. The van der Waals surface area contributed by atoms with Crippen LogP contribution < -0.4 is 10.5 Å². The maximum atomic E-state index is 14.1. The van der Waals surface area contributed by atoms with Crippen molar-refractivity contribution in [3.8, 4) is 5.75 Å². The Morgan fingerprint density at radius 2 is 1.64 bits per heavy atom. The van der Waals surface area contributed by atoms with Gasteiger partial charge in [-0.25, -0.2) is 9.59 Å². The third-order valence-electron chi connectivity index (χ3n) is 6.71. The quantitative estimate of drug-likeness (QED) is 0.447. The van der Waals surface area contributed by atoms with Crippen molar-refractivity contribution in [1.82, 2.24) is 14.8 Å². The van der Waals surface area contributed by atoms with Crippen molar-refractivity contribution in [2.45, 2.75) is 19.3 Å². The van der Waals surface area contributed by atoms with Crippen LogP contribution in [0.25, 0.3) is 10.9 Å². The summed E-state index contributed by atoms with van der Waals surface area (Å²) in [6.07, 6.45) is -0.303. The number of benzene rings is 2. The number of amides is 3. The lowest BCUT2D eigenvalue weighted by molar-refractivity contribution is -0.134. The number of para-hydroxylation sites is 1. The van der Waals surface area contributed by atoms with Gasteiger partial charge in [-0.1, -0.05) is 24.3 Å². The Kier molecular flexibility index (Phi) is 8.28. The van der Waals surface area contributed by atoms with Crippen molar-refractivity contribution in [3.05, 3.63) is 70.9 Å². The summed E-state index contributed by atoms with van der Waals surface area (Å²) in [6, 6.07) is 13.3. The summed E-state index contributed by atoms with van der Waals surface area (Å²) in [7, 11) is 1.42. The molecule has 4 rings (SSSR count). The van der Waals surface area contributed by atoms with Crippen LogP contribution in [-0.4, -0.2) is 83.7 Å². The molecule has 2 heterocycles. The molecular formula is C28H30N4O7. The van der Waals surface area contributed by atoms with Gasteiger partial charge in [0.05, 0.1) is 36.4 Å². The highest BCUT2D eigenvalue weighted by Crippen LogP contribution is 2.36. The lowest BCUT2D eigenvalue weighted by Gasteiger charge is -2.36. The fourth-order valence-corrected chi connectivity index (χ4v) is 4.77. The number of carboxylic acids is 1. The van der Waals surface area contributed by atoms with Crippen molar-refractivity contribution in [3.63, 3.8) is 0 Å². The first kappa shape index (κ1) is 27.4. The van der Waals surface area contributed by atoms with Crippen LogP contribution in [0, 0.1) is 0 Å². The van der Waals surface area contributed by atoms with Crippen LogP contribution in [0.5, 0.6) is 5.75 Å². The molecule has 0 radical (unpaired) electrons. The number of ether oxygens (including phenoxy) is 2. The van der Waals surface area contributed by atoms with Gasteiger partial charge < -0.3 is 30.1 Å². The third-order valence-corrected chi connectivity index (χ3v) is 6.71. The monoisotopic (exact) mass is 534 g/mol. The van der Waals surface area contributed by atoms with Crippen LogP contribution in [0.4, 0.5) is 4.79 Å². The Bertz CT molecular complexity index is 1400. The first-order valence-corrected chi connectivity index (χ1v) is 12.5. The molecule has 0 aliphatic carbocycles. The molecule has 0 spiro atoms. The minimum Gasteiger partial charge on any atom is -0.495 e. The molecule has 3 aromatic rings. The van der Waals surface area contributed by atoms with Gasteiger partial charge in [0, 0.05) is 31.6 Å². The van der Waals surface area contributed by atoms with Gasteiger partial charge in [-0.15, -0.1) is 0 Å². The van der Waals surface area contributed by atoms with Gasteiger partial charge in [0.1, 0.15) is 11.3 Å². The van der Waals surface area contributed by atoms with Crippen molar-refractivity contribution in [2.75, 3.05) is 39.9 Å². The summed E-state index contributed by atoms with van der Waals surface area (Å²) in [5, 5.41) is 9.85. The zero-order valence-corrected chi connectivity index (χ0v) is 21.8. The molecule has 11 heteroatoms. The van der Waals surface area contributed by atoms with Crippen molar-refractivity contribution in [1.29, 1.82) is 0 Å². The second-order valence-electron chi connectivity index (χ2n) is 9.06. The Balaban J connectivity index is 1.77. The predicted octanol–water partition coefficient (Wildman–Crippen LogP) is 2.67. The molecular weight excluding hydrogens is 504 g/mol. The number of hydrogen-bond acceptors (Lipinski definition) is 7. The van der Waals surface area contributed by atoms with Crippen molar-refractivity contribution >= 4 is 34.8 Å². The highest BCUT2D eigenvalue weighted by Gasteiger charge is 2.35. The molecule has 39 heavy (non-hydrogen) atoms. The van der Waals surface area contributed by atoms with Gasteiger partial charge in [-0.05, 0) is 43.2 Å². The first-order valence-electron chi connectivity index (χ1n) is 12.5. The standard InChI is InChI=1S/C28H30N4O7/c1-3-39-28(37)32-14-12-31(13-15-32)26(34)20(16-17-8-10-18(11-9-17)27(35)36)23-22(25(29)33)24(38-2)19-6-4-5-7-21(19)30-23/h4-11,20H,3,12-16H2,1-2H3,(H2,29,33)(H,35,36). The van der Waals surface area contributed by atoms with Crippen LogP contribution in [0.15, 0.2) is 48.5 Å². The largest absolute Gasteiger partial charge is 0.495 e. The van der Waals surface area contributed by atoms with E-state index in [-0.39, 0.29) is 54.6 Å². The van der Waals surface area contributed by atoms with Gasteiger partial charge in [0.2, 0.25) is 5.91 Å². The minimum absolute atomic E-state index is 0.0156. The van der Waals surface area contributed by atoms with Crippen LogP contribution >= 0.6 is 0 Å². The Labute approximate surface area is 225 Å². The molecule has 2 aromatic carbocycles. The zero-order chi connectivity index (χ0) is 28.1. The van der Waals surface area contributed by atoms with Gasteiger partial charge >= 0.3 is 12.1 Å². The maximum absolute atomic E-state index is 14.1. The second-order valence-corrected chi connectivity index (χ2v) is 9.06. The van der Waals surface area contributed by atoms with E-state index in [9.17, 15) is 24.3 Å². The smallest absolute Gasteiger partial charge is 0.409 e. The number of nitrogens with zero attached hydrogens (tertiary/aromatic N) is 3. The Hall–Kier alpha value is -4.67. The van der Waals surface area contributed by atoms with Gasteiger partial charge in [0.25, 0.3) is 5.91 Å². The van der Waals surface area contributed by atoms with E-state index in [1.54, 1.807) is 53.1 Å². The van der Waals surface area contributed by atoms with E-state index in [0.717, 1.165) is 0 Å². The third kappa shape index (κ3) is 5.77. The minimum atomic E-state index is -1.06. The van der Waals surface area contributed by atoms with Crippen molar-refractivity contribution < 1.29 is 33.8 Å². The molecule has 1 atom stereocenters. The SMILES string of the molecule is CCOC(=O)N1CCN(C(=O)C(Cc2ccc(C(=O)O)cc2)c2nc3ccccc3c(OC)c2C(N)=O)CC1. The van der Waals surface area contributed by atoms with E-state index in [1.807, 2.05) is 0 Å². The number of carbonyl (C=O) groups excluding carboxylic acids is 3. The predicted molar refractivity (Wildman–Crippen MR) is 142 cm³/mol. The molecule has 1 aliphatic heterocycles. The van der Waals surface area contributed by atoms with E-state index in [4.69, 9.17) is 20.2 Å². The van der Waals surface area contributed by atoms with E-state index >= 15 is 0 Å². The number of pyridine rings is 1. The molecule has 0 saturated carbocycles. The van der Waals surface area contributed by atoms with E-state index in [1.165, 1.54) is 19.2 Å². The number of methoxy groups -OCH3 is 1. The number of hydrogen-bond donors (Lipinski definition) is 2. The molecule has 11 nitrogen and oxygen atoms in total. The normalized spacial score (nSPS) is 14.1. The van der Waals surface area contributed by atoms with E-state index in [2.05, 4.69) is 0 Å². The number of fused-ring (bicyclic) bond motifs is 1. The average molecular weight is 535 g/mol. The number of carbonyl (C=O) groups is 4. The molecule has 1 aliphatic rings. The van der Waals surface area contributed by atoms with Crippen LogP contribution in [0.2, 0.25) is 0 Å². The summed E-state index contributed by atoms with van der Waals surface area (Å²) in [5.74, 6) is -2.85.